The van der Waals surface area contributed by atoms with E-state index < -0.39 is 12.6 Å². The normalized spacial score (nSPS) is 11.7. The Morgan fingerprint density at radius 1 is 1.19 bits per heavy atom. The van der Waals surface area contributed by atoms with Gasteiger partial charge in [-0.05, 0) is 44.7 Å². The second kappa shape index (κ2) is 13.1. The summed E-state index contributed by atoms with van der Waals surface area (Å²) in [5, 5.41) is 6.31. The molecule has 0 spiro atoms. The lowest BCUT2D eigenvalue weighted by Gasteiger charge is -2.13. The highest BCUT2D eigenvalue weighted by atomic mass is 127. The van der Waals surface area contributed by atoms with Crippen molar-refractivity contribution in [2.45, 2.75) is 45.7 Å². The first-order valence-corrected chi connectivity index (χ1v) is 8.58. The number of benzene rings is 1. The van der Waals surface area contributed by atoms with Crippen LogP contribution in [-0.2, 0) is 6.42 Å². The van der Waals surface area contributed by atoms with E-state index in [4.69, 9.17) is 4.74 Å². The second-order valence-corrected chi connectivity index (χ2v) is 5.83. The Balaban J connectivity index is 0.00000625. The molecule has 0 saturated heterocycles. The quantitative estimate of drug-likeness (QED) is 0.234. The van der Waals surface area contributed by atoms with Crippen LogP contribution in [0.25, 0.3) is 0 Å². The zero-order chi connectivity index (χ0) is 18.7. The SMILES string of the molecule is CCNC(=NCCCCC(F)(F)F)NCCc1cc(C)ccc1OC.I. The third kappa shape index (κ3) is 10.7. The minimum atomic E-state index is -4.08. The molecule has 0 fully saturated rings. The fourth-order valence-electron chi connectivity index (χ4n) is 2.39. The summed E-state index contributed by atoms with van der Waals surface area (Å²) < 4.78 is 41.7. The van der Waals surface area contributed by atoms with E-state index in [0.717, 1.165) is 17.7 Å². The molecule has 0 atom stereocenters. The Morgan fingerprint density at radius 3 is 2.54 bits per heavy atom. The van der Waals surface area contributed by atoms with Gasteiger partial charge in [0.2, 0.25) is 0 Å². The fraction of sp³-hybridized carbons (Fsp3) is 0.611. The second-order valence-electron chi connectivity index (χ2n) is 5.83. The molecule has 26 heavy (non-hydrogen) atoms. The smallest absolute Gasteiger partial charge is 0.389 e. The number of ether oxygens (including phenoxy) is 1. The predicted octanol–water partition coefficient (Wildman–Crippen LogP) is 4.45. The number of aliphatic imine (C=N–C) groups is 1. The Bertz CT molecular complexity index is 551. The minimum absolute atomic E-state index is 0. The lowest BCUT2D eigenvalue weighted by molar-refractivity contribution is -0.135. The largest absolute Gasteiger partial charge is 0.496 e. The zero-order valence-electron chi connectivity index (χ0n) is 15.6. The molecule has 1 aromatic rings. The first-order valence-electron chi connectivity index (χ1n) is 8.58. The molecule has 8 heteroatoms. The molecule has 0 aromatic heterocycles. The first-order chi connectivity index (χ1) is 11.9. The van der Waals surface area contributed by atoms with Gasteiger partial charge in [0.15, 0.2) is 5.96 Å². The van der Waals surface area contributed by atoms with Crippen molar-refractivity contribution in [3.8, 4) is 5.75 Å². The zero-order valence-corrected chi connectivity index (χ0v) is 17.9. The van der Waals surface area contributed by atoms with Crippen molar-refractivity contribution < 1.29 is 17.9 Å². The molecule has 0 aliphatic heterocycles. The van der Waals surface area contributed by atoms with Gasteiger partial charge in [-0.25, -0.2) is 0 Å². The topological polar surface area (TPSA) is 45.7 Å². The number of methoxy groups -OCH3 is 1. The first kappa shape index (κ1) is 24.8. The van der Waals surface area contributed by atoms with Crippen molar-refractivity contribution in [1.29, 1.82) is 0 Å². The van der Waals surface area contributed by atoms with E-state index in [2.05, 4.69) is 21.7 Å². The number of guanidine groups is 1. The van der Waals surface area contributed by atoms with Crippen LogP contribution >= 0.6 is 24.0 Å². The molecule has 0 aliphatic rings. The number of rotatable bonds is 9. The van der Waals surface area contributed by atoms with Crippen LogP contribution in [0.5, 0.6) is 5.75 Å². The van der Waals surface area contributed by atoms with Crippen LogP contribution in [0, 0.1) is 6.92 Å². The Morgan fingerprint density at radius 2 is 1.92 bits per heavy atom. The number of hydrogen-bond donors (Lipinski definition) is 2. The van der Waals surface area contributed by atoms with Gasteiger partial charge in [0.25, 0.3) is 0 Å². The van der Waals surface area contributed by atoms with E-state index in [-0.39, 0.29) is 30.4 Å². The number of aryl methyl sites for hydroxylation is 1. The highest BCUT2D eigenvalue weighted by Gasteiger charge is 2.25. The average Bonchev–Trinajstić information content (AvgIpc) is 2.53. The molecule has 1 rings (SSSR count). The average molecular weight is 487 g/mol. The van der Waals surface area contributed by atoms with Gasteiger partial charge in [-0.3, -0.25) is 4.99 Å². The van der Waals surface area contributed by atoms with Crippen LogP contribution in [0.4, 0.5) is 13.2 Å². The summed E-state index contributed by atoms with van der Waals surface area (Å²) in [6, 6.07) is 6.04. The minimum Gasteiger partial charge on any atom is -0.496 e. The van der Waals surface area contributed by atoms with Crippen LogP contribution < -0.4 is 15.4 Å². The molecule has 0 saturated carbocycles. The van der Waals surface area contributed by atoms with E-state index in [1.165, 1.54) is 5.56 Å². The highest BCUT2D eigenvalue weighted by Crippen LogP contribution is 2.22. The molecule has 2 N–H and O–H groups in total. The van der Waals surface area contributed by atoms with Crippen molar-refractivity contribution in [2.75, 3.05) is 26.7 Å². The van der Waals surface area contributed by atoms with Crippen molar-refractivity contribution in [1.82, 2.24) is 10.6 Å². The number of hydrogen-bond acceptors (Lipinski definition) is 2. The molecular formula is C18H29F3IN3O. The van der Waals surface area contributed by atoms with Crippen LogP contribution in [0.2, 0.25) is 0 Å². The molecule has 0 amide bonds. The lowest BCUT2D eigenvalue weighted by atomic mass is 10.1. The Kier molecular flexibility index (Phi) is 12.5. The van der Waals surface area contributed by atoms with E-state index in [9.17, 15) is 13.2 Å². The highest BCUT2D eigenvalue weighted by molar-refractivity contribution is 14.0. The number of halogens is 4. The third-order valence-electron chi connectivity index (χ3n) is 3.61. The summed E-state index contributed by atoms with van der Waals surface area (Å²) in [7, 11) is 1.65. The predicted molar refractivity (Wildman–Crippen MR) is 111 cm³/mol. The van der Waals surface area contributed by atoms with E-state index in [0.29, 0.717) is 32.0 Å². The number of unbranched alkanes of at least 4 members (excludes halogenated alkanes) is 1. The van der Waals surface area contributed by atoms with Gasteiger partial charge in [0.1, 0.15) is 5.75 Å². The van der Waals surface area contributed by atoms with Gasteiger partial charge in [-0.2, -0.15) is 13.2 Å². The van der Waals surface area contributed by atoms with Crippen molar-refractivity contribution in [3.63, 3.8) is 0 Å². The number of alkyl halides is 3. The fourth-order valence-corrected chi connectivity index (χ4v) is 2.39. The number of nitrogens with zero attached hydrogens (tertiary/aromatic N) is 1. The van der Waals surface area contributed by atoms with Gasteiger partial charge in [0, 0.05) is 26.1 Å². The van der Waals surface area contributed by atoms with Gasteiger partial charge in [0.05, 0.1) is 7.11 Å². The summed E-state index contributed by atoms with van der Waals surface area (Å²) in [6.45, 7) is 5.71. The molecule has 0 heterocycles. The van der Waals surface area contributed by atoms with E-state index in [1.54, 1.807) is 7.11 Å². The standard InChI is InChI=1S/C18H28F3N3O.HI/c1-4-22-17(23-11-6-5-10-18(19,20)21)24-12-9-15-13-14(2)7-8-16(15)25-3;/h7-8,13H,4-6,9-12H2,1-3H3,(H2,22,23,24);1H. The Labute approximate surface area is 171 Å². The molecule has 1 aromatic carbocycles. The maximum absolute atomic E-state index is 12.1. The van der Waals surface area contributed by atoms with Gasteiger partial charge in [-0.15, -0.1) is 24.0 Å². The van der Waals surface area contributed by atoms with Crippen LogP contribution in [-0.4, -0.2) is 38.9 Å². The van der Waals surface area contributed by atoms with Crippen LogP contribution in [0.15, 0.2) is 23.2 Å². The molecule has 0 aliphatic carbocycles. The molecule has 150 valence electrons. The summed E-state index contributed by atoms with van der Waals surface area (Å²) in [4.78, 5) is 4.32. The maximum atomic E-state index is 12.1. The van der Waals surface area contributed by atoms with Gasteiger partial charge >= 0.3 is 6.18 Å². The van der Waals surface area contributed by atoms with Crippen LogP contribution in [0.1, 0.15) is 37.3 Å². The molecule has 0 bridgehead atoms. The van der Waals surface area contributed by atoms with Crippen LogP contribution in [0.3, 0.4) is 0 Å². The molecular weight excluding hydrogens is 458 g/mol. The summed E-state index contributed by atoms with van der Waals surface area (Å²) in [5.74, 6) is 1.47. The summed E-state index contributed by atoms with van der Waals surface area (Å²) >= 11 is 0. The van der Waals surface area contributed by atoms with E-state index in [1.807, 2.05) is 26.0 Å². The van der Waals surface area contributed by atoms with Crippen molar-refractivity contribution >= 4 is 29.9 Å². The monoisotopic (exact) mass is 487 g/mol. The maximum Gasteiger partial charge on any atom is 0.389 e. The molecule has 0 unspecified atom stereocenters. The summed E-state index contributed by atoms with van der Waals surface area (Å²) in [5.41, 5.74) is 2.28. The van der Waals surface area contributed by atoms with Gasteiger partial charge < -0.3 is 15.4 Å². The van der Waals surface area contributed by atoms with E-state index >= 15 is 0 Å². The summed E-state index contributed by atoms with van der Waals surface area (Å²) in [6.07, 6.45) is -3.54. The number of nitrogens with one attached hydrogen (secondary N) is 2. The lowest BCUT2D eigenvalue weighted by Crippen LogP contribution is -2.38. The van der Waals surface area contributed by atoms with Crippen molar-refractivity contribution in [2.24, 2.45) is 4.99 Å². The van der Waals surface area contributed by atoms with Gasteiger partial charge in [-0.1, -0.05) is 17.7 Å². The van der Waals surface area contributed by atoms with Crippen molar-refractivity contribution in [3.05, 3.63) is 29.3 Å². The third-order valence-corrected chi connectivity index (χ3v) is 3.61. The molecule has 0 radical (unpaired) electrons. The molecule has 4 nitrogen and oxygen atoms in total. The Hall–Kier alpha value is -1.19.